The molecule has 0 atom stereocenters. The Kier molecular flexibility index (Phi) is 5.42. The van der Waals surface area contributed by atoms with Gasteiger partial charge in [0.25, 0.3) is 5.56 Å². The molecule has 2 heterocycles. The molecule has 0 spiro atoms. The van der Waals surface area contributed by atoms with Crippen LogP contribution >= 0.6 is 22.9 Å². The maximum Gasteiger partial charge on any atom is 0.271 e. The molecule has 0 aliphatic rings. The summed E-state index contributed by atoms with van der Waals surface area (Å²) >= 11 is 7.34. The van der Waals surface area contributed by atoms with Crippen LogP contribution in [-0.4, -0.2) is 15.5 Å². The summed E-state index contributed by atoms with van der Waals surface area (Å²) in [5.41, 5.74) is 2.59. The molecule has 2 aromatic heterocycles. The first kappa shape index (κ1) is 19.3. The van der Waals surface area contributed by atoms with Gasteiger partial charge in [-0.3, -0.25) is 14.2 Å². The number of nitrogens with zero attached hydrogens (tertiary/aromatic N) is 2. The number of aromatic nitrogens is 2. The van der Waals surface area contributed by atoms with Gasteiger partial charge < -0.3 is 5.32 Å². The Balaban J connectivity index is 1.53. The molecule has 0 radical (unpaired) electrons. The number of hydrogen-bond donors (Lipinski definition) is 1. The molecule has 8 heteroatoms. The molecule has 146 valence electrons. The highest BCUT2D eigenvalue weighted by molar-refractivity contribution is 7.17. The second-order valence-electron chi connectivity index (χ2n) is 6.38. The van der Waals surface area contributed by atoms with Crippen molar-refractivity contribution in [3.8, 4) is 11.1 Å². The molecule has 29 heavy (non-hydrogen) atoms. The first-order valence-electron chi connectivity index (χ1n) is 8.75. The van der Waals surface area contributed by atoms with E-state index in [0.717, 1.165) is 16.7 Å². The molecule has 4 rings (SSSR count). The van der Waals surface area contributed by atoms with E-state index in [1.807, 2.05) is 23.6 Å². The lowest BCUT2D eigenvalue weighted by molar-refractivity contribution is -0.121. The van der Waals surface area contributed by atoms with Crippen LogP contribution in [0, 0.1) is 5.82 Å². The third kappa shape index (κ3) is 4.06. The maximum atomic E-state index is 13.2. The van der Waals surface area contributed by atoms with Crippen LogP contribution in [0.2, 0.25) is 5.02 Å². The lowest BCUT2D eigenvalue weighted by Crippen LogP contribution is -2.32. The Bertz CT molecular complexity index is 1250. The first-order chi connectivity index (χ1) is 14.0. The first-order valence-corrected chi connectivity index (χ1v) is 10.0. The van der Waals surface area contributed by atoms with Crippen molar-refractivity contribution in [3.63, 3.8) is 0 Å². The van der Waals surface area contributed by atoms with Gasteiger partial charge in [-0.15, -0.1) is 11.3 Å². The van der Waals surface area contributed by atoms with Gasteiger partial charge in [-0.1, -0.05) is 41.9 Å². The lowest BCUT2D eigenvalue weighted by atomic mass is 10.1. The number of fused-ring (bicyclic) bond motifs is 1. The number of nitrogens with one attached hydrogen (secondary N) is 1. The molecule has 0 unspecified atom stereocenters. The summed E-state index contributed by atoms with van der Waals surface area (Å²) in [6.07, 6.45) is 1.36. The van der Waals surface area contributed by atoms with Crippen molar-refractivity contribution in [3.05, 3.63) is 87.0 Å². The molecule has 0 saturated carbocycles. The number of hydrogen-bond acceptors (Lipinski definition) is 4. The molecule has 2 aromatic carbocycles. The summed E-state index contributed by atoms with van der Waals surface area (Å²) in [5, 5.41) is 5.14. The second kappa shape index (κ2) is 8.14. The second-order valence-corrected chi connectivity index (χ2v) is 7.67. The molecule has 1 amide bonds. The van der Waals surface area contributed by atoms with E-state index in [-0.39, 0.29) is 30.4 Å². The number of thiophene rings is 1. The minimum absolute atomic E-state index is 0.143. The molecular formula is C21H15ClFN3O2S. The van der Waals surface area contributed by atoms with E-state index >= 15 is 0 Å². The zero-order chi connectivity index (χ0) is 20.4. The average Bonchev–Trinajstić information content (AvgIpc) is 3.15. The number of rotatable bonds is 5. The Morgan fingerprint density at radius 2 is 1.93 bits per heavy atom. The van der Waals surface area contributed by atoms with Crippen molar-refractivity contribution in [2.75, 3.05) is 0 Å². The third-order valence-electron chi connectivity index (χ3n) is 4.45. The fourth-order valence-electron chi connectivity index (χ4n) is 2.93. The van der Waals surface area contributed by atoms with Gasteiger partial charge >= 0.3 is 0 Å². The number of carbonyl (C=O) groups excluding carboxylic acids is 1. The van der Waals surface area contributed by atoms with Crippen molar-refractivity contribution >= 4 is 39.1 Å². The molecule has 0 aliphatic carbocycles. The van der Waals surface area contributed by atoms with E-state index in [4.69, 9.17) is 11.6 Å². The number of carbonyl (C=O) groups is 1. The van der Waals surface area contributed by atoms with Crippen LogP contribution in [-0.2, 0) is 17.9 Å². The van der Waals surface area contributed by atoms with E-state index in [2.05, 4.69) is 10.3 Å². The minimum Gasteiger partial charge on any atom is -0.350 e. The number of benzene rings is 2. The normalized spacial score (nSPS) is 11.0. The van der Waals surface area contributed by atoms with Crippen LogP contribution in [0.3, 0.4) is 0 Å². The fraction of sp³-hybridized carbons (Fsp3) is 0.0952. The molecular weight excluding hydrogens is 413 g/mol. The highest BCUT2D eigenvalue weighted by Gasteiger charge is 2.14. The maximum absolute atomic E-state index is 13.2. The zero-order valence-electron chi connectivity index (χ0n) is 15.1. The predicted octanol–water partition coefficient (Wildman–Crippen LogP) is 4.23. The molecule has 4 aromatic rings. The summed E-state index contributed by atoms with van der Waals surface area (Å²) in [4.78, 5) is 29.4. The molecule has 1 N–H and O–H groups in total. The Morgan fingerprint density at radius 1 is 1.17 bits per heavy atom. The van der Waals surface area contributed by atoms with Crippen LogP contribution in [0.5, 0.6) is 0 Å². The number of amides is 1. The fourth-order valence-corrected chi connectivity index (χ4v) is 4.11. The molecule has 0 aliphatic heterocycles. The van der Waals surface area contributed by atoms with Gasteiger partial charge in [-0.05, 0) is 29.3 Å². The van der Waals surface area contributed by atoms with Gasteiger partial charge in [0, 0.05) is 22.5 Å². The minimum atomic E-state index is -0.327. The van der Waals surface area contributed by atoms with Crippen LogP contribution in [0.1, 0.15) is 5.56 Å². The lowest BCUT2D eigenvalue weighted by Gasteiger charge is -2.08. The van der Waals surface area contributed by atoms with Crippen molar-refractivity contribution in [2.45, 2.75) is 13.1 Å². The van der Waals surface area contributed by atoms with Crippen molar-refractivity contribution in [1.29, 1.82) is 0 Å². The smallest absolute Gasteiger partial charge is 0.271 e. The Morgan fingerprint density at radius 3 is 2.69 bits per heavy atom. The van der Waals surface area contributed by atoms with E-state index < -0.39 is 0 Å². The van der Waals surface area contributed by atoms with E-state index in [1.165, 1.54) is 34.4 Å². The van der Waals surface area contributed by atoms with Gasteiger partial charge in [-0.25, -0.2) is 9.37 Å². The molecule has 5 nitrogen and oxygen atoms in total. The van der Waals surface area contributed by atoms with E-state index in [0.29, 0.717) is 15.2 Å². The standard InChI is InChI=1S/C21H15ClFN3O2S/c22-17-4-2-1-3-14(17)9-24-18(27)10-26-12-25-19-16(11-29-20(19)21(26)28)13-5-7-15(23)8-6-13/h1-8,11-12H,9-10H2,(H,24,27). The third-order valence-corrected chi connectivity index (χ3v) is 5.78. The zero-order valence-corrected chi connectivity index (χ0v) is 16.6. The summed E-state index contributed by atoms with van der Waals surface area (Å²) in [6.45, 7) is 0.132. The molecule has 0 bridgehead atoms. The monoisotopic (exact) mass is 427 g/mol. The molecule has 0 fully saturated rings. The summed E-state index contributed by atoms with van der Waals surface area (Å²) in [7, 11) is 0. The topological polar surface area (TPSA) is 64.0 Å². The van der Waals surface area contributed by atoms with Crippen LogP contribution < -0.4 is 10.9 Å². The van der Waals surface area contributed by atoms with Crippen LogP contribution in [0.25, 0.3) is 21.3 Å². The summed E-state index contributed by atoms with van der Waals surface area (Å²) < 4.78 is 14.9. The summed E-state index contributed by atoms with van der Waals surface area (Å²) in [6, 6.07) is 13.2. The molecule has 0 saturated heterocycles. The average molecular weight is 428 g/mol. The SMILES string of the molecule is O=C(Cn1cnc2c(-c3ccc(F)cc3)csc2c1=O)NCc1ccccc1Cl. The van der Waals surface area contributed by atoms with Crippen LogP contribution in [0.4, 0.5) is 4.39 Å². The number of halogens is 2. The van der Waals surface area contributed by atoms with Gasteiger partial charge in [0.15, 0.2) is 0 Å². The van der Waals surface area contributed by atoms with Gasteiger partial charge in [0.05, 0.1) is 11.8 Å². The van der Waals surface area contributed by atoms with Gasteiger partial charge in [0.2, 0.25) is 5.91 Å². The Labute approximate surface area is 174 Å². The quantitative estimate of drug-likeness (QED) is 0.518. The largest absolute Gasteiger partial charge is 0.350 e. The van der Waals surface area contributed by atoms with Gasteiger partial charge in [-0.2, -0.15) is 0 Å². The predicted molar refractivity (Wildman–Crippen MR) is 113 cm³/mol. The van der Waals surface area contributed by atoms with E-state index in [9.17, 15) is 14.0 Å². The van der Waals surface area contributed by atoms with Crippen molar-refractivity contribution in [2.24, 2.45) is 0 Å². The highest BCUT2D eigenvalue weighted by Crippen LogP contribution is 2.30. The highest BCUT2D eigenvalue weighted by atomic mass is 35.5. The van der Waals surface area contributed by atoms with Crippen LogP contribution in [0.15, 0.2) is 65.0 Å². The summed E-state index contributed by atoms with van der Waals surface area (Å²) in [5.74, 6) is -0.644. The Hall–Kier alpha value is -3.03. The van der Waals surface area contributed by atoms with Crippen molar-refractivity contribution in [1.82, 2.24) is 14.9 Å². The van der Waals surface area contributed by atoms with Crippen molar-refractivity contribution < 1.29 is 9.18 Å². The van der Waals surface area contributed by atoms with Gasteiger partial charge in [0.1, 0.15) is 17.1 Å². The van der Waals surface area contributed by atoms with E-state index in [1.54, 1.807) is 18.2 Å².